The van der Waals surface area contributed by atoms with Crippen LogP contribution < -0.4 is 4.74 Å². The summed E-state index contributed by atoms with van der Waals surface area (Å²) in [6.07, 6.45) is 2.62. The third-order valence-electron chi connectivity index (χ3n) is 1.64. The fraction of sp³-hybridized carbons (Fsp3) is 0.0909. The smallest absolute Gasteiger partial charge is 0.308 e. The van der Waals surface area contributed by atoms with Crippen LogP contribution in [0, 0.1) is 0 Å². The average Bonchev–Trinajstić information content (AvgIpc) is 2.18. The zero-order valence-electron chi connectivity index (χ0n) is 8.37. The lowest BCUT2D eigenvalue weighted by atomic mass is 10.2. The molecular weight excluding hydrogens is 251 g/mol. The van der Waals surface area contributed by atoms with Gasteiger partial charge in [-0.15, -0.1) is 0 Å². The van der Waals surface area contributed by atoms with Gasteiger partial charge in [-0.3, -0.25) is 9.59 Å². The minimum absolute atomic E-state index is 0.248. The first-order valence-corrected chi connectivity index (χ1v) is 5.11. The van der Waals surface area contributed by atoms with Crippen molar-refractivity contribution < 1.29 is 14.3 Å². The van der Waals surface area contributed by atoms with E-state index in [1.54, 1.807) is 18.2 Å². The molecule has 0 N–H and O–H groups in total. The first-order chi connectivity index (χ1) is 7.50. The molecule has 1 rings (SSSR count). The molecule has 0 heterocycles. The van der Waals surface area contributed by atoms with Crippen LogP contribution in [0.1, 0.15) is 12.5 Å². The van der Waals surface area contributed by atoms with Crippen LogP contribution in [0.15, 0.2) is 24.3 Å². The van der Waals surface area contributed by atoms with E-state index in [1.165, 1.54) is 19.1 Å². The summed E-state index contributed by atoms with van der Waals surface area (Å²) in [5.41, 5.74) is 0.550. The van der Waals surface area contributed by atoms with Crippen LogP contribution >= 0.6 is 23.2 Å². The number of halogens is 2. The maximum atomic E-state index is 10.8. The zero-order chi connectivity index (χ0) is 12.1. The summed E-state index contributed by atoms with van der Waals surface area (Å²) in [5.74, 6) is -0.213. The molecule has 5 heteroatoms. The molecule has 0 aliphatic rings. The molecule has 0 spiro atoms. The van der Waals surface area contributed by atoms with Gasteiger partial charge in [-0.25, -0.2) is 0 Å². The molecule has 0 saturated carbocycles. The van der Waals surface area contributed by atoms with Crippen molar-refractivity contribution in [2.24, 2.45) is 0 Å². The van der Waals surface area contributed by atoms with Gasteiger partial charge in [0.2, 0.25) is 5.24 Å². The van der Waals surface area contributed by atoms with Gasteiger partial charge in [-0.05, 0) is 35.4 Å². The van der Waals surface area contributed by atoms with Crippen molar-refractivity contribution in [3.63, 3.8) is 0 Å². The van der Waals surface area contributed by atoms with E-state index in [-0.39, 0.29) is 10.8 Å². The summed E-state index contributed by atoms with van der Waals surface area (Å²) in [5, 5.41) is -0.346. The van der Waals surface area contributed by atoms with Crippen molar-refractivity contribution in [3.8, 4) is 5.75 Å². The van der Waals surface area contributed by atoms with E-state index < -0.39 is 11.2 Å². The Morgan fingerprint density at radius 1 is 1.38 bits per heavy atom. The highest BCUT2D eigenvalue weighted by atomic mass is 35.5. The summed E-state index contributed by atoms with van der Waals surface area (Å²) in [6, 6.07) is 4.89. The number of carbonyl (C=O) groups is 2. The second-order valence-corrected chi connectivity index (χ2v) is 3.64. The molecule has 16 heavy (non-hydrogen) atoms. The number of esters is 1. The molecule has 0 bridgehead atoms. The number of hydrogen-bond acceptors (Lipinski definition) is 3. The van der Waals surface area contributed by atoms with Crippen molar-refractivity contribution >= 4 is 40.5 Å². The minimum atomic E-state index is -0.603. The van der Waals surface area contributed by atoms with Gasteiger partial charge >= 0.3 is 5.97 Å². The van der Waals surface area contributed by atoms with Gasteiger partial charge in [0.1, 0.15) is 5.75 Å². The van der Waals surface area contributed by atoms with Crippen LogP contribution in [-0.2, 0) is 9.59 Å². The molecule has 0 saturated heterocycles. The lowest BCUT2D eigenvalue weighted by Crippen LogP contribution is -2.02. The van der Waals surface area contributed by atoms with E-state index in [2.05, 4.69) is 0 Å². The first kappa shape index (κ1) is 12.7. The summed E-state index contributed by atoms with van der Waals surface area (Å²) in [4.78, 5) is 21.3. The molecule has 0 fully saturated rings. The molecule has 0 aliphatic carbocycles. The normalized spacial score (nSPS) is 10.4. The van der Waals surface area contributed by atoms with Crippen molar-refractivity contribution in [2.75, 3.05) is 0 Å². The molecule has 0 amide bonds. The maximum Gasteiger partial charge on any atom is 0.308 e. The highest BCUT2D eigenvalue weighted by Crippen LogP contribution is 2.29. The average molecular weight is 259 g/mol. The molecule has 0 radical (unpaired) electrons. The van der Waals surface area contributed by atoms with Crippen LogP contribution in [0.5, 0.6) is 5.75 Å². The van der Waals surface area contributed by atoms with Gasteiger partial charge in [0.25, 0.3) is 0 Å². The van der Waals surface area contributed by atoms with Gasteiger partial charge in [0, 0.05) is 6.92 Å². The van der Waals surface area contributed by atoms with Crippen LogP contribution in [0.2, 0.25) is 5.02 Å². The summed E-state index contributed by atoms with van der Waals surface area (Å²) in [7, 11) is 0. The Labute approximate surface area is 103 Å². The number of allylic oxidation sites excluding steroid dienone is 1. The Kier molecular flexibility index (Phi) is 4.52. The van der Waals surface area contributed by atoms with Gasteiger partial charge < -0.3 is 4.74 Å². The number of ether oxygens (including phenoxy) is 1. The standard InChI is InChI=1S/C11H8Cl2O3/c1-7(14)16-9-4-2-3-8(11(9)13)5-6-10(12)15/h2-6H,1H3/b6-5+. The number of benzene rings is 1. The minimum Gasteiger partial charge on any atom is -0.425 e. The van der Waals surface area contributed by atoms with Crippen molar-refractivity contribution in [1.29, 1.82) is 0 Å². The van der Waals surface area contributed by atoms with Crippen LogP contribution in [0.25, 0.3) is 6.08 Å². The van der Waals surface area contributed by atoms with E-state index in [4.69, 9.17) is 27.9 Å². The van der Waals surface area contributed by atoms with Crippen LogP contribution in [0.3, 0.4) is 0 Å². The Morgan fingerprint density at radius 3 is 2.62 bits per heavy atom. The monoisotopic (exact) mass is 258 g/mol. The van der Waals surface area contributed by atoms with E-state index in [9.17, 15) is 9.59 Å². The van der Waals surface area contributed by atoms with Gasteiger partial charge in [-0.2, -0.15) is 0 Å². The predicted octanol–water partition coefficient (Wildman–Crippen LogP) is 3.04. The second kappa shape index (κ2) is 5.68. The van der Waals surface area contributed by atoms with Gasteiger partial charge in [-0.1, -0.05) is 23.7 Å². The summed E-state index contributed by atoms with van der Waals surface area (Å²) in [6.45, 7) is 1.28. The molecule has 0 atom stereocenters. The molecule has 3 nitrogen and oxygen atoms in total. The quantitative estimate of drug-likeness (QED) is 0.362. The fourth-order valence-electron chi connectivity index (χ4n) is 1.05. The Bertz CT molecular complexity index is 453. The van der Waals surface area contributed by atoms with Gasteiger partial charge in [0.05, 0.1) is 5.02 Å². The fourth-order valence-corrected chi connectivity index (χ4v) is 1.34. The topological polar surface area (TPSA) is 43.4 Å². The van der Waals surface area contributed by atoms with E-state index in [0.717, 1.165) is 0 Å². The number of hydrogen-bond donors (Lipinski definition) is 0. The Morgan fingerprint density at radius 2 is 2.06 bits per heavy atom. The van der Waals surface area contributed by atoms with Crippen molar-refractivity contribution in [1.82, 2.24) is 0 Å². The third-order valence-corrected chi connectivity index (χ3v) is 2.17. The Hall–Kier alpha value is -1.32. The zero-order valence-corrected chi connectivity index (χ0v) is 9.88. The van der Waals surface area contributed by atoms with Crippen LogP contribution in [0.4, 0.5) is 0 Å². The highest BCUT2D eigenvalue weighted by molar-refractivity contribution is 6.66. The maximum absolute atomic E-state index is 10.8. The predicted molar refractivity (Wildman–Crippen MR) is 62.7 cm³/mol. The molecule has 84 valence electrons. The third kappa shape index (κ3) is 3.68. The summed E-state index contributed by atoms with van der Waals surface area (Å²) < 4.78 is 4.87. The van der Waals surface area contributed by atoms with E-state index >= 15 is 0 Å². The highest BCUT2D eigenvalue weighted by Gasteiger charge is 2.07. The molecule has 0 aromatic heterocycles. The largest absolute Gasteiger partial charge is 0.425 e. The molecular formula is C11H8Cl2O3. The lowest BCUT2D eigenvalue weighted by molar-refractivity contribution is -0.131. The molecule has 1 aromatic carbocycles. The first-order valence-electron chi connectivity index (χ1n) is 4.35. The second-order valence-electron chi connectivity index (χ2n) is 2.89. The SMILES string of the molecule is CC(=O)Oc1cccc(/C=C/C(=O)Cl)c1Cl. The van der Waals surface area contributed by atoms with Crippen LogP contribution in [-0.4, -0.2) is 11.2 Å². The molecule has 1 aromatic rings. The van der Waals surface area contributed by atoms with Gasteiger partial charge in [0.15, 0.2) is 0 Å². The number of carbonyl (C=O) groups excluding carboxylic acids is 2. The van der Waals surface area contributed by atoms with E-state index in [1.807, 2.05) is 0 Å². The Balaban J connectivity index is 3.03. The molecule has 0 unspecified atom stereocenters. The number of rotatable bonds is 3. The summed E-state index contributed by atoms with van der Waals surface area (Å²) >= 11 is 11.1. The van der Waals surface area contributed by atoms with Crippen molar-refractivity contribution in [2.45, 2.75) is 6.92 Å². The van der Waals surface area contributed by atoms with E-state index in [0.29, 0.717) is 5.56 Å². The molecule has 0 aliphatic heterocycles. The lowest BCUT2D eigenvalue weighted by Gasteiger charge is -2.05. The van der Waals surface area contributed by atoms with Crippen molar-refractivity contribution in [3.05, 3.63) is 34.9 Å².